The lowest BCUT2D eigenvalue weighted by molar-refractivity contribution is -0.0745. The van der Waals surface area contributed by atoms with Crippen molar-refractivity contribution in [2.24, 2.45) is 11.8 Å². The first-order valence-corrected chi connectivity index (χ1v) is 6.98. The zero-order valence-electron chi connectivity index (χ0n) is 11.7. The molecular weight excluding hydrogens is 238 g/mol. The second-order valence-electron chi connectivity index (χ2n) is 5.43. The predicted octanol–water partition coefficient (Wildman–Crippen LogP) is 3.54. The Labute approximate surface area is 109 Å². The van der Waals surface area contributed by atoms with Crippen molar-refractivity contribution in [3.8, 4) is 0 Å². The smallest absolute Gasteiger partial charge is 0.157 e. The van der Waals surface area contributed by atoms with Crippen LogP contribution < -0.4 is 0 Å². The van der Waals surface area contributed by atoms with Crippen LogP contribution in [0, 0.1) is 11.8 Å². The highest BCUT2D eigenvalue weighted by atomic mass is 19.2. The summed E-state index contributed by atoms with van der Waals surface area (Å²) in [5.74, 6) is 0.171. The van der Waals surface area contributed by atoms with E-state index in [1.165, 1.54) is 7.11 Å². The van der Waals surface area contributed by atoms with Gasteiger partial charge in [-0.25, -0.2) is 8.78 Å². The number of rotatable bonds is 7. The molecule has 0 N–H and O–H groups in total. The lowest BCUT2D eigenvalue weighted by atomic mass is 9.85. The van der Waals surface area contributed by atoms with Gasteiger partial charge in [0.05, 0.1) is 12.7 Å². The zero-order valence-corrected chi connectivity index (χ0v) is 11.7. The number of hydrogen-bond donors (Lipinski definition) is 0. The van der Waals surface area contributed by atoms with E-state index in [1.54, 1.807) is 0 Å². The van der Waals surface area contributed by atoms with Gasteiger partial charge in [0.1, 0.15) is 6.17 Å². The van der Waals surface area contributed by atoms with Crippen molar-refractivity contribution in [3.63, 3.8) is 0 Å². The summed E-state index contributed by atoms with van der Waals surface area (Å²) < 4.78 is 37.9. The van der Waals surface area contributed by atoms with E-state index < -0.39 is 18.4 Å². The van der Waals surface area contributed by atoms with Gasteiger partial charge in [-0.2, -0.15) is 0 Å². The molecule has 1 aliphatic rings. The fourth-order valence-corrected chi connectivity index (χ4v) is 2.58. The van der Waals surface area contributed by atoms with Crippen LogP contribution in [0.4, 0.5) is 8.78 Å². The second kappa shape index (κ2) is 8.05. The van der Waals surface area contributed by atoms with E-state index in [4.69, 9.17) is 9.47 Å². The third-order valence-electron chi connectivity index (χ3n) is 3.75. The molecule has 1 aliphatic carbocycles. The normalized spacial score (nSPS) is 34.5. The molecule has 5 atom stereocenters. The van der Waals surface area contributed by atoms with Gasteiger partial charge in [0.25, 0.3) is 0 Å². The lowest BCUT2D eigenvalue weighted by Gasteiger charge is -2.34. The molecule has 0 aromatic heterocycles. The first-order chi connectivity index (χ1) is 8.60. The van der Waals surface area contributed by atoms with Gasteiger partial charge in [0.2, 0.25) is 0 Å². The fourth-order valence-electron chi connectivity index (χ4n) is 2.58. The molecule has 0 aromatic carbocycles. The van der Waals surface area contributed by atoms with Crippen LogP contribution in [-0.2, 0) is 9.47 Å². The number of ether oxygens (including phenoxy) is 2. The molecule has 0 heterocycles. The molecule has 0 amide bonds. The Morgan fingerprint density at radius 1 is 1.22 bits per heavy atom. The molecule has 4 heteroatoms. The highest BCUT2D eigenvalue weighted by Gasteiger charge is 2.40. The van der Waals surface area contributed by atoms with Crippen LogP contribution in [0.5, 0.6) is 0 Å². The monoisotopic (exact) mass is 264 g/mol. The maximum Gasteiger partial charge on any atom is 0.157 e. The molecule has 0 radical (unpaired) electrons. The molecular formula is C14H26F2O2. The molecule has 18 heavy (non-hydrogen) atoms. The maximum atomic E-state index is 13.8. The van der Waals surface area contributed by atoms with Gasteiger partial charge in [-0.1, -0.05) is 20.3 Å². The summed E-state index contributed by atoms with van der Waals surface area (Å²) in [6.07, 6.45) is -0.0900. The van der Waals surface area contributed by atoms with E-state index in [0.717, 1.165) is 12.8 Å². The third-order valence-corrected chi connectivity index (χ3v) is 3.75. The quantitative estimate of drug-likeness (QED) is 0.700. The Kier molecular flexibility index (Phi) is 7.08. The van der Waals surface area contributed by atoms with Crippen LogP contribution in [0.25, 0.3) is 0 Å². The first kappa shape index (κ1) is 15.8. The van der Waals surface area contributed by atoms with Crippen LogP contribution in [-0.4, -0.2) is 38.8 Å². The minimum Gasteiger partial charge on any atom is -0.381 e. The molecule has 2 nitrogen and oxygen atoms in total. The largest absolute Gasteiger partial charge is 0.381 e. The van der Waals surface area contributed by atoms with Crippen molar-refractivity contribution in [1.29, 1.82) is 0 Å². The summed E-state index contributed by atoms with van der Waals surface area (Å²) in [5.41, 5.74) is 0. The average Bonchev–Trinajstić information content (AvgIpc) is 2.35. The molecule has 0 aliphatic heterocycles. The number of methoxy groups -OCH3 is 1. The Bertz CT molecular complexity index is 226. The minimum absolute atomic E-state index is 0.319. The molecule has 0 saturated heterocycles. The standard InChI is InChI=1S/C14H26F2O2/c1-4-5-10(2)8-18-9-11-6-7-12(17-3)14(16)13(11)15/h10-14H,4-9H2,1-3H3. The van der Waals surface area contributed by atoms with Gasteiger partial charge in [0.15, 0.2) is 6.17 Å². The van der Waals surface area contributed by atoms with Gasteiger partial charge in [-0.3, -0.25) is 0 Å². The topological polar surface area (TPSA) is 18.5 Å². The molecule has 5 unspecified atom stereocenters. The maximum absolute atomic E-state index is 13.8. The van der Waals surface area contributed by atoms with Crippen molar-refractivity contribution in [2.75, 3.05) is 20.3 Å². The molecule has 0 bridgehead atoms. The Hall–Kier alpha value is -0.220. The van der Waals surface area contributed by atoms with Crippen molar-refractivity contribution in [3.05, 3.63) is 0 Å². The summed E-state index contributed by atoms with van der Waals surface area (Å²) in [5, 5.41) is 0. The summed E-state index contributed by atoms with van der Waals surface area (Å²) in [6, 6.07) is 0. The Balaban J connectivity index is 2.26. The Morgan fingerprint density at radius 2 is 1.94 bits per heavy atom. The highest BCUT2D eigenvalue weighted by Crippen LogP contribution is 2.31. The number of hydrogen-bond acceptors (Lipinski definition) is 2. The number of halogens is 2. The van der Waals surface area contributed by atoms with Gasteiger partial charge in [-0.05, 0) is 25.2 Å². The van der Waals surface area contributed by atoms with Crippen LogP contribution in [0.2, 0.25) is 0 Å². The summed E-state index contributed by atoms with van der Waals surface area (Å²) in [7, 11) is 1.44. The average molecular weight is 264 g/mol. The third kappa shape index (κ3) is 4.47. The van der Waals surface area contributed by atoms with E-state index >= 15 is 0 Å². The second-order valence-corrected chi connectivity index (χ2v) is 5.43. The van der Waals surface area contributed by atoms with Crippen LogP contribution in [0.15, 0.2) is 0 Å². The van der Waals surface area contributed by atoms with Crippen LogP contribution in [0.3, 0.4) is 0 Å². The lowest BCUT2D eigenvalue weighted by Crippen LogP contribution is -2.43. The summed E-state index contributed by atoms with van der Waals surface area (Å²) in [4.78, 5) is 0. The van der Waals surface area contributed by atoms with E-state index in [9.17, 15) is 8.78 Å². The van der Waals surface area contributed by atoms with Gasteiger partial charge < -0.3 is 9.47 Å². The number of alkyl halides is 2. The fraction of sp³-hybridized carbons (Fsp3) is 1.00. The Morgan fingerprint density at radius 3 is 2.56 bits per heavy atom. The van der Waals surface area contributed by atoms with E-state index in [2.05, 4.69) is 13.8 Å². The molecule has 1 saturated carbocycles. The SMILES string of the molecule is CCCC(C)COCC1CCC(OC)C(F)C1F. The van der Waals surface area contributed by atoms with Crippen molar-refractivity contribution in [2.45, 2.75) is 58.0 Å². The van der Waals surface area contributed by atoms with Gasteiger partial charge in [0, 0.05) is 19.6 Å². The van der Waals surface area contributed by atoms with Gasteiger partial charge >= 0.3 is 0 Å². The molecule has 0 aromatic rings. The molecule has 1 fully saturated rings. The van der Waals surface area contributed by atoms with Crippen molar-refractivity contribution < 1.29 is 18.3 Å². The zero-order chi connectivity index (χ0) is 13.5. The molecule has 108 valence electrons. The van der Waals surface area contributed by atoms with E-state index in [-0.39, 0.29) is 5.92 Å². The highest BCUT2D eigenvalue weighted by molar-refractivity contribution is 4.88. The molecule has 1 rings (SSSR count). The molecule has 0 spiro atoms. The van der Waals surface area contributed by atoms with Crippen molar-refractivity contribution >= 4 is 0 Å². The van der Waals surface area contributed by atoms with E-state index in [1.807, 2.05) is 0 Å². The van der Waals surface area contributed by atoms with E-state index in [0.29, 0.717) is 32.0 Å². The van der Waals surface area contributed by atoms with Crippen LogP contribution >= 0.6 is 0 Å². The van der Waals surface area contributed by atoms with Crippen LogP contribution in [0.1, 0.15) is 39.5 Å². The summed E-state index contributed by atoms with van der Waals surface area (Å²) >= 11 is 0. The van der Waals surface area contributed by atoms with Gasteiger partial charge in [-0.15, -0.1) is 0 Å². The minimum atomic E-state index is -1.51. The predicted molar refractivity (Wildman–Crippen MR) is 68.2 cm³/mol. The van der Waals surface area contributed by atoms with Crippen molar-refractivity contribution in [1.82, 2.24) is 0 Å². The summed E-state index contributed by atoms with van der Waals surface area (Å²) in [6.45, 7) is 5.22. The first-order valence-electron chi connectivity index (χ1n) is 6.98.